The van der Waals surface area contributed by atoms with Crippen molar-refractivity contribution in [1.82, 2.24) is 10.6 Å². The monoisotopic (exact) mass is 254 g/mol. The van der Waals surface area contributed by atoms with Gasteiger partial charge in [0.25, 0.3) is 0 Å². The van der Waals surface area contributed by atoms with Gasteiger partial charge in [-0.2, -0.15) is 0 Å². The van der Waals surface area contributed by atoms with E-state index in [1.165, 1.54) is 32.1 Å². The summed E-state index contributed by atoms with van der Waals surface area (Å²) < 4.78 is 0. The lowest BCUT2D eigenvalue weighted by molar-refractivity contribution is -0.122. The van der Waals surface area contributed by atoms with Crippen LogP contribution < -0.4 is 10.6 Å². The van der Waals surface area contributed by atoms with Gasteiger partial charge in [-0.3, -0.25) is 4.79 Å². The zero-order chi connectivity index (χ0) is 13.1. The zero-order valence-corrected chi connectivity index (χ0v) is 12.0. The minimum atomic E-state index is 0.260. The quantitative estimate of drug-likeness (QED) is 0.621. The summed E-state index contributed by atoms with van der Waals surface area (Å²) >= 11 is 0. The fourth-order valence-corrected chi connectivity index (χ4v) is 2.55. The van der Waals surface area contributed by atoms with E-state index in [1.54, 1.807) is 0 Å². The van der Waals surface area contributed by atoms with Gasteiger partial charge in [0.2, 0.25) is 5.91 Å². The number of carbonyl (C=O) groups excluding carboxylic acids is 1. The summed E-state index contributed by atoms with van der Waals surface area (Å²) in [6.45, 7) is 5.27. The van der Waals surface area contributed by atoms with E-state index >= 15 is 0 Å². The number of unbranched alkanes of at least 4 members (excludes halogenated alkanes) is 5. The number of hydrogen-bond acceptors (Lipinski definition) is 2. The van der Waals surface area contributed by atoms with Gasteiger partial charge < -0.3 is 10.6 Å². The van der Waals surface area contributed by atoms with Crippen LogP contribution in [0.4, 0.5) is 0 Å². The van der Waals surface area contributed by atoms with Gasteiger partial charge in [0.15, 0.2) is 0 Å². The third kappa shape index (κ3) is 7.70. The van der Waals surface area contributed by atoms with Crippen LogP contribution in [-0.4, -0.2) is 25.5 Å². The highest BCUT2D eigenvalue weighted by atomic mass is 16.1. The predicted octanol–water partition coefficient (Wildman–Crippen LogP) is 2.85. The first-order valence-electron chi connectivity index (χ1n) is 7.80. The van der Waals surface area contributed by atoms with Gasteiger partial charge in [0.05, 0.1) is 0 Å². The van der Waals surface area contributed by atoms with Crippen LogP contribution in [0.15, 0.2) is 0 Å². The fraction of sp³-hybridized carbons (Fsp3) is 0.933. The van der Waals surface area contributed by atoms with Crippen LogP contribution in [0.5, 0.6) is 0 Å². The molecule has 2 N–H and O–H groups in total. The number of amides is 1. The topological polar surface area (TPSA) is 41.1 Å². The average molecular weight is 254 g/mol. The molecule has 1 fully saturated rings. The summed E-state index contributed by atoms with van der Waals surface area (Å²) in [7, 11) is 0. The summed E-state index contributed by atoms with van der Waals surface area (Å²) in [5.74, 6) is 0.867. The summed E-state index contributed by atoms with van der Waals surface area (Å²) in [5, 5.41) is 6.39. The zero-order valence-electron chi connectivity index (χ0n) is 12.0. The molecule has 0 aromatic rings. The van der Waals surface area contributed by atoms with Crippen molar-refractivity contribution in [2.75, 3.05) is 19.6 Å². The van der Waals surface area contributed by atoms with E-state index in [1.807, 2.05) is 0 Å². The van der Waals surface area contributed by atoms with Crippen LogP contribution >= 0.6 is 0 Å². The minimum absolute atomic E-state index is 0.260. The molecule has 0 aromatic carbocycles. The van der Waals surface area contributed by atoms with Crippen LogP contribution in [0.3, 0.4) is 0 Å². The lowest BCUT2D eigenvalue weighted by atomic mass is 9.94. The van der Waals surface area contributed by atoms with Crippen LogP contribution in [0, 0.1) is 5.92 Å². The van der Waals surface area contributed by atoms with Crippen molar-refractivity contribution in [3.63, 3.8) is 0 Å². The Labute approximate surface area is 112 Å². The largest absolute Gasteiger partial charge is 0.356 e. The van der Waals surface area contributed by atoms with Gasteiger partial charge in [0.1, 0.15) is 0 Å². The molecular weight excluding hydrogens is 224 g/mol. The number of carbonyl (C=O) groups is 1. The van der Waals surface area contributed by atoms with E-state index in [4.69, 9.17) is 0 Å². The van der Waals surface area contributed by atoms with Gasteiger partial charge in [-0.05, 0) is 38.3 Å². The third-order valence-corrected chi connectivity index (χ3v) is 3.79. The van der Waals surface area contributed by atoms with Crippen LogP contribution in [0.1, 0.15) is 64.7 Å². The van der Waals surface area contributed by atoms with Gasteiger partial charge in [-0.25, -0.2) is 0 Å². The second-order valence-electron chi connectivity index (χ2n) is 5.52. The Kier molecular flexibility index (Phi) is 8.92. The highest BCUT2D eigenvalue weighted by Gasteiger charge is 2.16. The molecule has 106 valence electrons. The van der Waals surface area contributed by atoms with Crippen molar-refractivity contribution < 1.29 is 4.79 Å². The molecule has 1 aliphatic rings. The average Bonchev–Trinajstić information content (AvgIpc) is 2.39. The maximum absolute atomic E-state index is 11.7. The summed E-state index contributed by atoms with van der Waals surface area (Å²) in [6, 6.07) is 0. The Morgan fingerprint density at radius 3 is 2.50 bits per heavy atom. The van der Waals surface area contributed by atoms with Crippen LogP contribution in [0.2, 0.25) is 0 Å². The molecule has 0 aliphatic carbocycles. The molecular formula is C15H30N2O. The van der Waals surface area contributed by atoms with Crippen LogP contribution in [-0.2, 0) is 4.79 Å². The molecule has 0 radical (unpaired) electrons. The van der Waals surface area contributed by atoms with Gasteiger partial charge in [-0.15, -0.1) is 0 Å². The molecule has 0 bridgehead atoms. The Morgan fingerprint density at radius 2 is 1.78 bits per heavy atom. The Hall–Kier alpha value is -0.570. The number of piperidine rings is 1. The normalized spacial score (nSPS) is 16.7. The summed E-state index contributed by atoms with van der Waals surface area (Å²) in [6.07, 6.45) is 10.8. The SMILES string of the molecule is CCCCCCCCNC(=O)CC1CCNCC1. The molecule has 18 heavy (non-hydrogen) atoms. The first kappa shape index (κ1) is 15.5. The van der Waals surface area contributed by atoms with E-state index in [-0.39, 0.29) is 5.91 Å². The maximum atomic E-state index is 11.7. The number of hydrogen-bond donors (Lipinski definition) is 2. The lowest BCUT2D eigenvalue weighted by Crippen LogP contribution is -2.32. The molecule has 1 heterocycles. The lowest BCUT2D eigenvalue weighted by Gasteiger charge is -2.21. The molecule has 0 aromatic heterocycles. The van der Waals surface area contributed by atoms with Crippen molar-refractivity contribution in [1.29, 1.82) is 0 Å². The molecule has 0 unspecified atom stereocenters. The molecule has 1 saturated heterocycles. The number of rotatable bonds is 9. The van der Waals surface area contributed by atoms with E-state index in [2.05, 4.69) is 17.6 Å². The molecule has 1 amide bonds. The Morgan fingerprint density at radius 1 is 1.11 bits per heavy atom. The first-order valence-corrected chi connectivity index (χ1v) is 7.80. The molecule has 3 nitrogen and oxygen atoms in total. The minimum Gasteiger partial charge on any atom is -0.356 e. The van der Waals surface area contributed by atoms with Gasteiger partial charge in [0, 0.05) is 13.0 Å². The molecule has 3 heteroatoms. The van der Waals surface area contributed by atoms with Gasteiger partial charge >= 0.3 is 0 Å². The van der Waals surface area contributed by atoms with E-state index in [9.17, 15) is 4.79 Å². The Bertz CT molecular complexity index is 213. The standard InChI is InChI=1S/C15H30N2O/c1-2-3-4-5-6-7-10-17-15(18)13-14-8-11-16-12-9-14/h14,16H,2-13H2,1H3,(H,17,18). The van der Waals surface area contributed by atoms with Crippen molar-refractivity contribution in [2.24, 2.45) is 5.92 Å². The van der Waals surface area contributed by atoms with E-state index in [0.29, 0.717) is 5.92 Å². The second kappa shape index (κ2) is 10.4. The van der Waals surface area contributed by atoms with Crippen LogP contribution in [0.25, 0.3) is 0 Å². The third-order valence-electron chi connectivity index (χ3n) is 3.79. The summed E-state index contributed by atoms with van der Waals surface area (Å²) in [5.41, 5.74) is 0. The van der Waals surface area contributed by atoms with Gasteiger partial charge in [-0.1, -0.05) is 39.0 Å². The second-order valence-corrected chi connectivity index (χ2v) is 5.52. The van der Waals surface area contributed by atoms with Crippen molar-refractivity contribution in [2.45, 2.75) is 64.7 Å². The predicted molar refractivity (Wildman–Crippen MR) is 76.6 cm³/mol. The van der Waals surface area contributed by atoms with Crippen molar-refractivity contribution >= 4 is 5.91 Å². The van der Waals surface area contributed by atoms with E-state index < -0.39 is 0 Å². The van der Waals surface area contributed by atoms with E-state index in [0.717, 1.165) is 45.3 Å². The molecule has 0 spiro atoms. The Balaban J connectivity index is 1.90. The highest BCUT2D eigenvalue weighted by Crippen LogP contribution is 2.15. The molecule has 0 atom stereocenters. The smallest absolute Gasteiger partial charge is 0.220 e. The molecule has 1 aliphatic heterocycles. The summed E-state index contributed by atoms with van der Waals surface area (Å²) in [4.78, 5) is 11.7. The maximum Gasteiger partial charge on any atom is 0.220 e. The highest BCUT2D eigenvalue weighted by molar-refractivity contribution is 5.76. The fourth-order valence-electron chi connectivity index (χ4n) is 2.55. The van der Waals surface area contributed by atoms with Crippen molar-refractivity contribution in [3.05, 3.63) is 0 Å². The molecule has 1 rings (SSSR count). The molecule has 0 saturated carbocycles. The first-order chi connectivity index (χ1) is 8.83. The number of nitrogens with one attached hydrogen (secondary N) is 2. The van der Waals surface area contributed by atoms with Crippen molar-refractivity contribution in [3.8, 4) is 0 Å².